The predicted molar refractivity (Wildman–Crippen MR) is 109 cm³/mol. The molecule has 0 bridgehead atoms. The van der Waals surface area contributed by atoms with E-state index in [1.165, 1.54) is 11.1 Å². The molecule has 1 aromatic heterocycles. The van der Waals surface area contributed by atoms with Gasteiger partial charge in [0.05, 0.1) is 10.9 Å². The topological polar surface area (TPSA) is 78.1 Å². The second-order valence-electron chi connectivity index (χ2n) is 7.38. The molecule has 1 aliphatic rings. The van der Waals surface area contributed by atoms with Gasteiger partial charge in [0.15, 0.2) is 5.82 Å². The van der Waals surface area contributed by atoms with Crippen molar-refractivity contribution in [3.05, 3.63) is 75.8 Å². The van der Waals surface area contributed by atoms with Crippen molar-refractivity contribution in [3.8, 4) is 0 Å². The van der Waals surface area contributed by atoms with Crippen molar-refractivity contribution in [1.29, 1.82) is 0 Å². The predicted octanol–water partition coefficient (Wildman–Crippen LogP) is 2.63. The number of benzene rings is 2. The van der Waals surface area contributed by atoms with Crippen LogP contribution in [-0.4, -0.2) is 39.9 Å². The van der Waals surface area contributed by atoms with Gasteiger partial charge in [-0.2, -0.15) is 0 Å². The van der Waals surface area contributed by atoms with Crippen LogP contribution in [-0.2, 0) is 6.54 Å². The minimum Gasteiger partial charge on any atom is -0.347 e. The van der Waals surface area contributed by atoms with Crippen molar-refractivity contribution in [2.75, 3.05) is 13.1 Å². The van der Waals surface area contributed by atoms with Crippen molar-refractivity contribution in [2.24, 2.45) is 0 Å². The summed E-state index contributed by atoms with van der Waals surface area (Å²) in [5.41, 5.74) is 2.90. The Bertz CT molecular complexity index is 1050. The quantitative estimate of drug-likeness (QED) is 0.734. The summed E-state index contributed by atoms with van der Waals surface area (Å²) >= 11 is 0. The maximum Gasteiger partial charge on any atom is 0.287 e. The van der Waals surface area contributed by atoms with E-state index in [9.17, 15) is 9.59 Å². The highest BCUT2D eigenvalue weighted by Crippen LogP contribution is 2.16. The van der Waals surface area contributed by atoms with E-state index in [2.05, 4.69) is 51.4 Å². The van der Waals surface area contributed by atoms with Gasteiger partial charge in [0, 0.05) is 25.7 Å². The van der Waals surface area contributed by atoms with E-state index in [0.29, 0.717) is 10.9 Å². The zero-order chi connectivity index (χ0) is 19.5. The summed E-state index contributed by atoms with van der Waals surface area (Å²) in [7, 11) is 0. The van der Waals surface area contributed by atoms with Crippen molar-refractivity contribution >= 4 is 16.8 Å². The molecule has 2 aromatic carbocycles. The molecule has 3 aromatic rings. The Kier molecular flexibility index (Phi) is 5.21. The molecule has 2 heterocycles. The number of para-hydroxylation sites is 1. The fourth-order valence-electron chi connectivity index (χ4n) is 3.71. The zero-order valence-electron chi connectivity index (χ0n) is 15.9. The fourth-order valence-corrected chi connectivity index (χ4v) is 3.71. The Hall–Kier alpha value is -2.99. The molecule has 0 aliphatic carbocycles. The standard InChI is InChI=1S/C22H24N4O2/c1-15-6-2-3-7-16(15)14-26-12-10-17(11-13-26)23-22(28)20-24-19-9-5-4-8-18(19)21(27)25-20/h2-9,17H,10-14H2,1H3,(H,23,28)(H,24,25,27). The minimum absolute atomic E-state index is 0.0750. The van der Waals surface area contributed by atoms with Crippen LogP contribution in [0.4, 0.5) is 0 Å². The Labute approximate surface area is 163 Å². The van der Waals surface area contributed by atoms with Gasteiger partial charge in [-0.05, 0) is 43.0 Å². The summed E-state index contributed by atoms with van der Waals surface area (Å²) in [6, 6.07) is 15.6. The molecule has 28 heavy (non-hydrogen) atoms. The number of nitrogens with zero attached hydrogens (tertiary/aromatic N) is 2. The van der Waals surface area contributed by atoms with Gasteiger partial charge in [0.1, 0.15) is 0 Å². The van der Waals surface area contributed by atoms with E-state index in [1.807, 2.05) is 0 Å². The van der Waals surface area contributed by atoms with E-state index < -0.39 is 0 Å². The Morgan fingerprint density at radius 1 is 1.14 bits per heavy atom. The number of piperidine rings is 1. The second kappa shape index (κ2) is 7.94. The molecule has 2 N–H and O–H groups in total. The lowest BCUT2D eigenvalue weighted by atomic mass is 10.0. The normalized spacial score (nSPS) is 15.6. The van der Waals surface area contributed by atoms with Crippen molar-refractivity contribution < 1.29 is 4.79 Å². The van der Waals surface area contributed by atoms with Gasteiger partial charge < -0.3 is 10.3 Å². The first kappa shape index (κ1) is 18.4. The lowest BCUT2D eigenvalue weighted by Crippen LogP contribution is -2.45. The van der Waals surface area contributed by atoms with Gasteiger partial charge in [-0.15, -0.1) is 0 Å². The fraction of sp³-hybridized carbons (Fsp3) is 0.318. The van der Waals surface area contributed by atoms with Crippen LogP contribution in [0, 0.1) is 6.92 Å². The largest absolute Gasteiger partial charge is 0.347 e. The summed E-state index contributed by atoms with van der Waals surface area (Å²) in [6.07, 6.45) is 1.77. The molecule has 1 aliphatic heterocycles. The number of likely N-dealkylation sites (tertiary alicyclic amines) is 1. The van der Waals surface area contributed by atoms with Gasteiger partial charge in [0.2, 0.25) is 0 Å². The number of aromatic amines is 1. The molecule has 1 saturated heterocycles. The van der Waals surface area contributed by atoms with Gasteiger partial charge in [-0.1, -0.05) is 36.4 Å². The van der Waals surface area contributed by atoms with Crippen LogP contribution in [0.25, 0.3) is 10.9 Å². The number of nitrogens with one attached hydrogen (secondary N) is 2. The Morgan fingerprint density at radius 3 is 2.64 bits per heavy atom. The average Bonchev–Trinajstić information content (AvgIpc) is 2.71. The summed E-state index contributed by atoms with van der Waals surface area (Å²) in [4.78, 5) is 34.0. The molecular formula is C22H24N4O2. The number of carbonyl (C=O) groups excluding carboxylic acids is 1. The molecule has 0 atom stereocenters. The number of carbonyl (C=O) groups is 1. The molecule has 4 rings (SSSR count). The van der Waals surface area contributed by atoms with Crippen LogP contribution >= 0.6 is 0 Å². The van der Waals surface area contributed by atoms with Crippen molar-refractivity contribution in [3.63, 3.8) is 0 Å². The van der Waals surface area contributed by atoms with Crippen LogP contribution in [0.2, 0.25) is 0 Å². The number of hydrogen-bond donors (Lipinski definition) is 2. The van der Waals surface area contributed by atoms with Crippen molar-refractivity contribution in [1.82, 2.24) is 20.2 Å². The highest BCUT2D eigenvalue weighted by molar-refractivity contribution is 5.92. The van der Waals surface area contributed by atoms with Crippen LogP contribution in [0.5, 0.6) is 0 Å². The van der Waals surface area contributed by atoms with Gasteiger partial charge in [-0.25, -0.2) is 4.98 Å². The third-order valence-electron chi connectivity index (χ3n) is 5.41. The number of amides is 1. The molecule has 0 spiro atoms. The Morgan fingerprint density at radius 2 is 1.86 bits per heavy atom. The number of aromatic nitrogens is 2. The lowest BCUT2D eigenvalue weighted by Gasteiger charge is -2.32. The molecule has 6 heteroatoms. The SMILES string of the molecule is Cc1ccccc1CN1CCC(NC(=O)c2nc3ccccc3c(=O)[nH]2)CC1. The zero-order valence-corrected chi connectivity index (χ0v) is 15.9. The number of fused-ring (bicyclic) bond motifs is 1. The number of hydrogen-bond acceptors (Lipinski definition) is 4. The maximum atomic E-state index is 12.6. The molecule has 0 radical (unpaired) electrons. The van der Waals surface area contributed by atoms with Crippen LogP contribution in [0.1, 0.15) is 34.6 Å². The van der Waals surface area contributed by atoms with E-state index in [0.717, 1.165) is 32.5 Å². The van der Waals surface area contributed by atoms with E-state index in [-0.39, 0.29) is 23.3 Å². The third kappa shape index (κ3) is 3.97. The molecular weight excluding hydrogens is 352 g/mol. The first-order valence-corrected chi connectivity index (χ1v) is 9.67. The summed E-state index contributed by atoms with van der Waals surface area (Å²) in [6.45, 7) is 4.94. The second-order valence-corrected chi connectivity index (χ2v) is 7.38. The summed E-state index contributed by atoms with van der Waals surface area (Å²) < 4.78 is 0. The first-order chi connectivity index (χ1) is 13.6. The number of aryl methyl sites for hydroxylation is 1. The molecule has 6 nitrogen and oxygen atoms in total. The number of rotatable bonds is 4. The van der Waals surface area contributed by atoms with Crippen LogP contribution in [0.15, 0.2) is 53.3 Å². The van der Waals surface area contributed by atoms with Gasteiger partial charge in [0.25, 0.3) is 11.5 Å². The van der Waals surface area contributed by atoms with Crippen molar-refractivity contribution in [2.45, 2.75) is 32.4 Å². The maximum absolute atomic E-state index is 12.6. The van der Waals surface area contributed by atoms with Crippen LogP contribution < -0.4 is 10.9 Å². The van der Waals surface area contributed by atoms with Gasteiger partial charge in [-0.3, -0.25) is 14.5 Å². The highest BCUT2D eigenvalue weighted by Gasteiger charge is 2.22. The van der Waals surface area contributed by atoms with Gasteiger partial charge >= 0.3 is 0 Å². The average molecular weight is 376 g/mol. The monoisotopic (exact) mass is 376 g/mol. The minimum atomic E-state index is -0.319. The smallest absolute Gasteiger partial charge is 0.287 e. The first-order valence-electron chi connectivity index (χ1n) is 9.67. The van der Waals surface area contributed by atoms with E-state index in [1.54, 1.807) is 24.3 Å². The molecule has 144 valence electrons. The van der Waals surface area contributed by atoms with E-state index >= 15 is 0 Å². The summed E-state index contributed by atoms with van der Waals surface area (Å²) in [5, 5.41) is 3.51. The van der Waals surface area contributed by atoms with Crippen LogP contribution in [0.3, 0.4) is 0 Å². The van der Waals surface area contributed by atoms with E-state index in [4.69, 9.17) is 0 Å². The highest BCUT2D eigenvalue weighted by atomic mass is 16.2. The molecule has 1 amide bonds. The molecule has 1 fully saturated rings. The Balaban J connectivity index is 1.36. The number of H-pyrrole nitrogens is 1. The molecule has 0 unspecified atom stereocenters. The lowest BCUT2D eigenvalue weighted by molar-refractivity contribution is 0.0898. The third-order valence-corrected chi connectivity index (χ3v) is 5.41. The summed E-state index contributed by atoms with van der Waals surface area (Å²) in [5.74, 6) is -0.244. The molecule has 0 saturated carbocycles.